The average molecular weight is 341 g/mol. The standard InChI is InChI=1S/C20H27N3O2/c1-15(2)19(11-14-24)23-20(25)16-6-8-18(9-7-16)22-13-10-17-5-3-4-12-21-17/h3-9,12,15,19,22,24H,10-11,13-14H2,1-2H3,(H,23,25)/t19-/m0/s1. The molecule has 0 aliphatic heterocycles. The molecular formula is C20H27N3O2. The molecule has 25 heavy (non-hydrogen) atoms. The van der Waals surface area contributed by atoms with Crippen molar-refractivity contribution in [3.63, 3.8) is 0 Å². The first kappa shape index (κ1) is 18.9. The van der Waals surface area contributed by atoms with Crippen LogP contribution < -0.4 is 10.6 Å². The number of aliphatic hydroxyl groups excluding tert-OH is 1. The minimum Gasteiger partial charge on any atom is -0.396 e. The lowest BCUT2D eigenvalue weighted by molar-refractivity contribution is 0.0916. The first-order chi connectivity index (χ1) is 12.1. The van der Waals surface area contributed by atoms with Gasteiger partial charge in [-0.1, -0.05) is 19.9 Å². The number of carbonyl (C=O) groups excluding carboxylic acids is 1. The van der Waals surface area contributed by atoms with Gasteiger partial charge in [-0.2, -0.15) is 0 Å². The number of amides is 1. The molecule has 0 saturated heterocycles. The van der Waals surface area contributed by atoms with Gasteiger partial charge in [-0.25, -0.2) is 0 Å². The number of aromatic nitrogens is 1. The van der Waals surface area contributed by atoms with Crippen LogP contribution in [-0.4, -0.2) is 35.2 Å². The minimum atomic E-state index is -0.104. The lowest BCUT2D eigenvalue weighted by atomic mass is 10.0. The average Bonchev–Trinajstić information content (AvgIpc) is 2.62. The third-order valence-corrected chi connectivity index (χ3v) is 4.14. The van der Waals surface area contributed by atoms with Crippen molar-refractivity contribution in [2.45, 2.75) is 32.7 Å². The Labute approximate surface area is 149 Å². The van der Waals surface area contributed by atoms with E-state index < -0.39 is 0 Å². The number of nitrogens with zero attached hydrogens (tertiary/aromatic N) is 1. The molecule has 0 aliphatic carbocycles. The van der Waals surface area contributed by atoms with Crippen molar-refractivity contribution in [1.29, 1.82) is 0 Å². The zero-order valence-corrected chi connectivity index (χ0v) is 14.9. The van der Waals surface area contributed by atoms with Gasteiger partial charge in [0.05, 0.1) is 0 Å². The van der Waals surface area contributed by atoms with Gasteiger partial charge in [0, 0.05) is 48.8 Å². The highest BCUT2D eigenvalue weighted by atomic mass is 16.3. The molecule has 2 rings (SSSR count). The summed E-state index contributed by atoms with van der Waals surface area (Å²) in [5, 5.41) is 15.4. The predicted molar refractivity (Wildman–Crippen MR) is 101 cm³/mol. The van der Waals surface area contributed by atoms with Crippen molar-refractivity contribution in [3.8, 4) is 0 Å². The molecule has 1 atom stereocenters. The summed E-state index contributed by atoms with van der Waals surface area (Å²) in [6.07, 6.45) is 3.21. The second-order valence-corrected chi connectivity index (χ2v) is 6.41. The predicted octanol–water partition coefficient (Wildman–Crippen LogP) is 2.87. The highest BCUT2D eigenvalue weighted by Gasteiger charge is 2.16. The van der Waals surface area contributed by atoms with E-state index in [4.69, 9.17) is 5.11 Å². The summed E-state index contributed by atoms with van der Waals surface area (Å²) in [6, 6.07) is 13.3. The molecule has 0 bridgehead atoms. The zero-order valence-electron chi connectivity index (χ0n) is 14.9. The number of hydrogen-bond acceptors (Lipinski definition) is 4. The van der Waals surface area contributed by atoms with E-state index in [0.717, 1.165) is 24.3 Å². The summed E-state index contributed by atoms with van der Waals surface area (Å²) < 4.78 is 0. The second kappa shape index (κ2) is 9.79. The number of benzene rings is 1. The van der Waals surface area contributed by atoms with Crippen LogP contribution in [0.2, 0.25) is 0 Å². The molecule has 134 valence electrons. The van der Waals surface area contributed by atoms with E-state index in [2.05, 4.69) is 15.6 Å². The lowest BCUT2D eigenvalue weighted by Gasteiger charge is -2.21. The fraction of sp³-hybridized carbons (Fsp3) is 0.400. The molecule has 0 unspecified atom stereocenters. The van der Waals surface area contributed by atoms with Gasteiger partial charge in [0.15, 0.2) is 0 Å². The highest BCUT2D eigenvalue weighted by Crippen LogP contribution is 2.12. The van der Waals surface area contributed by atoms with Gasteiger partial charge < -0.3 is 15.7 Å². The maximum atomic E-state index is 12.3. The number of anilines is 1. The topological polar surface area (TPSA) is 74.2 Å². The first-order valence-electron chi connectivity index (χ1n) is 8.75. The van der Waals surface area contributed by atoms with E-state index in [1.165, 1.54) is 0 Å². The zero-order chi connectivity index (χ0) is 18.1. The molecular weight excluding hydrogens is 314 g/mol. The monoisotopic (exact) mass is 341 g/mol. The van der Waals surface area contributed by atoms with E-state index in [1.807, 2.05) is 56.3 Å². The van der Waals surface area contributed by atoms with Gasteiger partial charge in [0.25, 0.3) is 5.91 Å². The first-order valence-corrected chi connectivity index (χ1v) is 8.75. The number of hydrogen-bond donors (Lipinski definition) is 3. The number of carbonyl (C=O) groups is 1. The Balaban J connectivity index is 1.85. The Morgan fingerprint density at radius 3 is 2.52 bits per heavy atom. The van der Waals surface area contributed by atoms with Crippen LogP contribution in [0.5, 0.6) is 0 Å². The third kappa shape index (κ3) is 6.19. The van der Waals surface area contributed by atoms with Crippen LogP contribution in [0.25, 0.3) is 0 Å². The van der Waals surface area contributed by atoms with Gasteiger partial charge in [-0.05, 0) is 48.7 Å². The van der Waals surface area contributed by atoms with E-state index >= 15 is 0 Å². The summed E-state index contributed by atoms with van der Waals surface area (Å²) in [5.41, 5.74) is 2.65. The van der Waals surface area contributed by atoms with Crippen LogP contribution >= 0.6 is 0 Å². The van der Waals surface area contributed by atoms with E-state index in [0.29, 0.717) is 12.0 Å². The van der Waals surface area contributed by atoms with Gasteiger partial charge in [0.1, 0.15) is 0 Å². The Bertz CT molecular complexity index is 642. The molecule has 2 aromatic rings. The Morgan fingerprint density at radius 2 is 1.92 bits per heavy atom. The summed E-state index contributed by atoms with van der Waals surface area (Å²) in [7, 11) is 0. The molecule has 1 heterocycles. The SMILES string of the molecule is CC(C)[C@H](CCO)NC(=O)c1ccc(NCCc2ccccn2)cc1. The molecule has 5 heteroatoms. The van der Waals surface area contributed by atoms with Crippen LogP contribution in [0.1, 0.15) is 36.3 Å². The molecule has 0 aliphatic rings. The van der Waals surface area contributed by atoms with Crippen molar-refractivity contribution in [3.05, 3.63) is 59.9 Å². The maximum Gasteiger partial charge on any atom is 0.251 e. The minimum absolute atomic E-state index is 0.0197. The quantitative estimate of drug-likeness (QED) is 0.656. The molecule has 0 spiro atoms. The molecule has 5 nitrogen and oxygen atoms in total. The second-order valence-electron chi connectivity index (χ2n) is 6.41. The van der Waals surface area contributed by atoms with E-state index in [-0.39, 0.29) is 24.5 Å². The van der Waals surface area contributed by atoms with Crippen molar-refractivity contribution in [1.82, 2.24) is 10.3 Å². The van der Waals surface area contributed by atoms with E-state index in [1.54, 1.807) is 6.20 Å². The molecule has 1 aromatic carbocycles. The lowest BCUT2D eigenvalue weighted by Crippen LogP contribution is -2.39. The Hall–Kier alpha value is -2.40. The van der Waals surface area contributed by atoms with Crippen molar-refractivity contribution < 1.29 is 9.90 Å². The molecule has 1 amide bonds. The normalized spacial score (nSPS) is 12.0. The van der Waals surface area contributed by atoms with Crippen LogP contribution in [0.3, 0.4) is 0 Å². The highest BCUT2D eigenvalue weighted by molar-refractivity contribution is 5.94. The Kier molecular flexibility index (Phi) is 7.41. The van der Waals surface area contributed by atoms with Gasteiger partial charge in [-0.15, -0.1) is 0 Å². The summed E-state index contributed by atoms with van der Waals surface area (Å²) in [5.74, 6) is 0.177. The van der Waals surface area contributed by atoms with Gasteiger partial charge in [0.2, 0.25) is 0 Å². The van der Waals surface area contributed by atoms with Crippen LogP contribution in [-0.2, 0) is 6.42 Å². The fourth-order valence-corrected chi connectivity index (χ4v) is 2.58. The van der Waals surface area contributed by atoms with Crippen molar-refractivity contribution >= 4 is 11.6 Å². The summed E-state index contributed by atoms with van der Waals surface area (Å²) in [4.78, 5) is 16.6. The number of pyridine rings is 1. The van der Waals surface area contributed by atoms with Crippen LogP contribution in [0.15, 0.2) is 48.7 Å². The molecule has 0 saturated carbocycles. The summed E-state index contributed by atoms with van der Waals surface area (Å²) in [6.45, 7) is 4.93. The number of rotatable bonds is 9. The third-order valence-electron chi connectivity index (χ3n) is 4.14. The fourth-order valence-electron chi connectivity index (χ4n) is 2.58. The molecule has 1 aromatic heterocycles. The van der Waals surface area contributed by atoms with Crippen LogP contribution in [0, 0.1) is 5.92 Å². The maximum absolute atomic E-state index is 12.3. The molecule has 0 fully saturated rings. The summed E-state index contributed by atoms with van der Waals surface area (Å²) >= 11 is 0. The largest absolute Gasteiger partial charge is 0.396 e. The Morgan fingerprint density at radius 1 is 1.16 bits per heavy atom. The smallest absolute Gasteiger partial charge is 0.251 e. The van der Waals surface area contributed by atoms with Crippen molar-refractivity contribution in [2.75, 3.05) is 18.5 Å². The van der Waals surface area contributed by atoms with Gasteiger partial charge >= 0.3 is 0 Å². The van der Waals surface area contributed by atoms with E-state index in [9.17, 15) is 4.79 Å². The molecule has 0 radical (unpaired) electrons. The molecule has 3 N–H and O–H groups in total. The van der Waals surface area contributed by atoms with Crippen LogP contribution in [0.4, 0.5) is 5.69 Å². The van der Waals surface area contributed by atoms with Gasteiger partial charge in [-0.3, -0.25) is 9.78 Å². The number of aliphatic hydroxyl groups is 1. The number of nitrogens with one attached hydrogen (secondary N) is 2. The van der Waals surface area contributed by atoms with Crippen molar-refractivity contribution in [2.24, 2.45) is 5.92 Å².